The van der Waals surface area contributed by atoms with Crippen LogP contribution in [-0.4, -0.2) is 36.7 Å². The van der Waals surface area contributed by atoms with Crippen molar-refractivity contribution in [3.05, 3.63) is 0 Å². The molecule has 1 N–H and O–H groups in total. The van der Waals surface area contributed by atoms with E-state index in [-0.39, 0.29) is 9.52 Å². The molecule has 0 saturated heterocycles. The summed E-state index contributed by atoms with van der Waals surface area (Å²) < 4.78 is 6.14. The fraction of sp³-hybridized carbons (Fsp3) is 1.00. The molecule has 0 spiro atoms. The van der Waals surface area contributed by atoms with Gasteiger partial charge in [-0.3, -0.25) is 0 Å². The Hall–Kier alpha value is 0.571. The molecule has 15 heavy (non-hydrogen) atoms. The molecule has 2 nitrogen and oxygen atoms in total. The first-order valence-electron chi connectivity index (χ1n) is 6.04. The van der Waals surface area contributed by atoms with Crippen LogP contribution in [0.2, 0.25) is 44.8 Å². The van der Waals surface area contributed by atoms with Crippen LogP contribution < -0.4 is 0 Å². The molecule has 0 aromatic rings. The van der Waals surface area contributed by atoms with Gasteiger partial charge in [-0.15, -0.1) is 0 Å². The lowest BCUT2D eigenvalue weighted by molar-refractivity contribution is 0.265. The Morgan fingerprint density at radius 3 is 2.07 bits per heavy atom. The Labute approximate surface area is 99.5 Å². The molecule has 0 aromatic carbocycles. The fourth-order valence-electron chi connectivity index (χ4n) is 1.61. The molecule has 1 unspecified atom stereocenters. The molecule has 5 heteroatoms. The van der Waals surface area contributed by atoms with Gasteiger partial charge in [0.25, 0.3) is 0 Å². The number of hydrogen-bond acceptors (Lipinski definition) is 2. The zero-order chi connectivity index (χ0) is 12.1. The van der Waals surface area contributed by atoms with Crippen LogP contribution >= 0.6 is 0 Å². The molecule has 0 saturated carbocycles. The fourth-order valence-corrected chi connectivity index (χ4v) is 9.89. The second kappa shape index (κ2) is 6.34. The van der Waals surface area contributed by atoms with Gasteiger partial charge in [-0.1, -0.05) is 13.0 Å². The van der Waals surface area contributed by atoms with Crippen LogP contribution in [0.25, 0.3) is 0 Å². The summed E-state index contributed by atoms with van der Waals surface area (Å²) in [4.78, 5) is 9.76. The smallest absolute Gasteiger partial charge is 0.183 e. The molecule has 0 amide bonds. The van der Waals surface area contributed by atoms with Crippen molar-refractivity contribution in [3.63, 3.8) is 0 Å². The lowest BCUT2D eigenvalue weighted by atomic mass is 10.5. The molecule has 0 aliphatic carbocycles. The summed E-state index contributed by atoms with van der Waals surface area (Å²) in [5.74, 6) is 0. The minimum absolute atomic E-state index is 0.147. The minimum Gasteiger partial charge on any atom is -0.432 e. The van der Waals surface area contributed by atoms with Crippen molar-refractivity contribution in [2.45, 2.75) is 63.9 Å². The largest absolute Gasteiger partial charge is 0.432 e. The molecule has 0 aromatic heterocycles. The average molecular weight is 265 g/mol. The van der Waals surface area contributed by atoms with Crippen LogP contribution in [0.15, 0.2) is 0 Å². The van der Waals surface area contributed by atoms with Gasteiger partial charge in [0.1, 0.15) is 0 Å². The molecule has 92 valence electrons. The highest BCUT2D eigenvalue weighted by Gasteiger charge is 2.21. The second-order valence-electron chi connectivity index (χ2n) is 5.97. The highest BCUT2D eigenvalue weighted by Crippen LogP contribution is 2.13. The van der Waals surface area contributed by atoms with E-state index < -0.39 is 16.6 Å². The molecule has 0 heterocycles. The van der Waals surface area contributed by atoms with Gasteiger partial charge in [0.2, 0.25) is 0 Å². The summed E-state index contributed by atoms with van der Waals surface area (Å²) in [5.41, 5.74) is 0.549. The van der Waals surface area contributed by atoms with Crippen LogP contribution in [0.3, 0.4) is 0 Å². The molecule has 0 aliphatic rings. The van der Waals surface area contributed by atoms with E-state index in [2.05, 4.69) is 26.6 Å². The van der Waals surface area contributed by atoms with Crippen molar-refractivity contribution >= 4 is 26.2 Å². The number of hydrogen-bond donors (Lipinski definition) is 1. The first-order chi connectivity index (χ1) is 6.64. The normalized spacial score (nSPS) is 16.2. The van der Waals surface area contributed by atoms with Crippen molar-refractivity contribution in [1.82, 2.24) is 0 Å². The van der Waals surface area contributed by atoms with Gasteiger partial charge < -0.3 is 9.22 Å². The standard InChI is InChI=1S/C10H28O2Si3/c1-7-10(12-14(2,3)4)13-8-9-15(5,6)11/h10-11H,7-9,13H2,1-6H3. The molecule has 0 bridgehead atoms. The van der Waals surface area contributed by atoms with Crippen LogP contribution in [-0.2, 0) is 4.43 Å². The zero-order valence-corrected chi connectivity index (χ0v) is 14.7. The van der Waals surface area contributed by atoms with E-state index in [1.807, 2.05) is 13.1 Å². The van der Waals surface area contributed by atoms with E-state index in [4.69, 9.17) is 4.43 Å². The van der Waals surface area contributed by atoms with Gasteiger partial charge in [-0.2, -0.15) is 0 Å². The Kier molecular flexibility index (Phi) is 6.58. The summed E-state index contributed by atoms with van der Waals surface area (Å²) in [7, 11) is -3.31. The maximum absolute atomic E-state index is 9.76. The van der Waals surface area contributed by atoms with Gasteiger partial charge in [0, 0.05) is 5.73 Å². The summed E-state index contributed by atoms with van der Waals surface area (Å²) >= 11 is 0. The van der Waals surface area contributed by atoms with E-state index in [1.165, 1.54) is 6.04 Å². The summed E-state index contributed by atoms with van der Waals surface area (Å²) in [6.07, 6.45) is 1.16. The lowest BCUT2D eigenvalue weighted by Crippen LogP contribution is -2.35. The Balaban J connectivity index is 3.82. The topological polar surface area (TPSA) is 29.5 Å². The third-order valence-electron chi connectivity index (χ3n) is 2.29. The SMILES string of the molecule is CCC(O[Si](C)(C)C)[SiH2]CC[Si](C)(C)O. The van der Waals surface area contributed by atoms with Crippen LogP contribution in [0.1, 0.15) is 13.3 Å². The molecular weight excluding hydrogens is 236 g/mol. The van der Waals surface area contributed by atoms with Gasteiger partial charge >= 0.3 is 0 Å². The molecule has 1 atom stereocenters. The van der Waals surface area contributed by atoms with E-state index in [0.717, 1.165) is 12.5 Å². The zero-order valence-electron chi connectivity index (χ0n) is 11.3. The maximum atomic E-state index is 9.76. The van der Waals surface area contributed by atoms with Gasteiger partial charge in [-0.05, 0) is 45.2 Å². The second-order valence-corrected chi connectivity index (χ2v) is 16.7. The molecule has 0 radical (unpaired) electrons. The van der Waals surface area contributed by atoms with Gasteiger partial charge in [0.15, 0.2) is 16.6 Å². The van der Waals surface area contributed by atoms with E-state index in [0.29, 0.717) is 5.73 Å². The quantitative estimate of drug-likeness (QED) is 0.715. The molecule has 0 fully saturated rings. The Bertz CT molecular complexity index is 172. The van der Waals surface area contributed by atoms with Crippen molar-refractivity contribution in [2.75, 3.05) is 0 Å². The van der Waals surface area contributed by atoms with Gasteiger partial charge in [-0.25, -0.2) is 0 Å². The lowest BCUT2D eigenvalue weighted by Gasteiger charge is -2.26. The van der Waals surface area contributed by atoms with E-state index >= 15 is 0 Å². The highest BCUT2D eigenvalue weighted by molar-refractivity contribution is 6.71. The van der Waals surface area contributed by atoms with E-state index in [1.54, 1.807) is 0 Å². The Morgan fingerprint density at radius 2 is 1.73 bits per heavy atom. The highest BCUT2D eigenvalue weighted by atomic mass is 28.4. The minimum atomic E-state index is -1.80. The first-order valence-corrected chi connectivity index (χ1v) is 14.4. The molecular formula is C10H28O2Si3. The summed E-state index contributed by atoms with van der Waals surface area (Å²) in [6.45, 7) is 13.1. The molecule has 0 aliphatic heterocycles. The predicted octanol–water partition coefficient (Wildman–Crippen LogP) is 2.36. The van der Waals surface area contributed by atoms with Crippen molar-refractivity contribution < 1.29 is 9.22 Å². The Morgan fingerprint density at radius 1 is 1.20 bits per heavy atom. The average Bonchev–Trinajstić information content (AvgIpc) is 1.97. The van der Waals surface area contributed by atoms with Crippen molar-refractivity contribution in [2.24, 2.45) is 0 Å². The van der Waals surface area contributed by atoms with Crippen LogP contribution in [0.4, 0.5) is 0 Å². The number of rotatable bonds is 7. The van der Waals surface area contributed by atoms with Crippen molar-refractivity contribution in [1.29, 1.82) is 0 Å². The molecule has 0 rings (SSSR count). The van der Waals surface area contributed by atoms with Gasteiger partial charge in [0.05, 0.1) is 9.52 Å². The predicted molar refractivity (Wildman–Crippen MR) is 76.4 cm³/mol. The van der Waals surface area contributed by atoms with Crippen LogP contribution in [0.5, 0.6) is 0 Å². The summed E-state index contributed by atoms with van der Waals surface area (Å²) in [6, 6.07) is 2.31. The monoisotopic (exact) mass is 264 g/mol. The maximum Gasteiger partial charge on any atom is 0.183 e. The third-order valence-corrected chi connectivity index (χ3v) is 8.10. The first kappa shape index (κ1) is 15.6. The van der Waals surface area contributed by atoms with E-state index in [9.17, 15) is 4.80 Å². The van der Waals surface area contributed by atoms with Crippen LogP contribution in [0, 0.1) is 0 Å². The third kappa shape index (κ3) is 10.8. The summed E-state index contributed by atoms with van der Waals surface area (Å²) in [5, 5.41) is 0. The van der Waals surface area contributed by atoms with Crippen molar-refractivity contribution in [3.8, 4) is 0 Å².